The number of nitrogens with one attached hydrogen (secondary N) is 1. The average molecular weight is 394 g/mol. The second-order valence-electron chi connectivity index (χ2n) is 7.07. The van der Waals surface area contributed by atoms with Crippen molar-refractivity contribution in [2.24, 2.45) is 11.8 Å². The Hall–Kier alpha value is -1.63. The van der Waals surface area contributed by atoms with Crippen LogP contribution in [0.5, 0.6) is 5.75 Å². The van der Waals surface area contributed by atoms with Crippen molar-refractivity contribution in [1.29, 1.82) is 0 Å². The molecule has 1 aromatic carbocycles. The van der Waals surface area contributed by atoms with E-state index in [9.17, 15) is 4.79 Å². The lowest BCUT2D eigenvalue weighted by molar-refractivity contribution is -0.118. The first-order chi connectivity index (χ1) is 12.5. The van der Waals surface area contributed by atoms with Gasteiger partial charge in [0.1, 0.15) is 5.75 Å². The van der Waals surface area contributed by atoms with Crippen molar-refractivity contribution < 1.29 is 9.53 Å². The molecule has 1 saturated heterocycles. The highest BCUT2D eigenvalue weighted by Crippen LogP contribution is 2.24. The molecule has 2 unspecified atom stereocenters. The van der Waals surface area contributed by atoms with E-state index in [-0.39, 0.29) is 12.5 Å². The van der Waals surface area contributed by atoms with Gasteiger partial charge in [0.2, 0.25) is 0 Å². The lowest BCUT2D eigenvalue weighted by atomic mass is 9.92. The molecule has 1 fully saturated rings. The van der Waals surface area contributed by atoms with Gasteiger partial charge in [0, 0.05) is 30.0 Å². The number of thiazole rings is 1. The molecule has 7 heteroatoms. The number of ether oxygens (including phenoxy) is 1. The molecule has 2 atom stereocenters. The average Bonchev–Trinajstić information content (AvgIpc) is 3.00. The summed E-state index contributed by atoms with van der Waals surface area (Å²) in [6, 6.07) is 6.92. The van der Waals surface area contributed by atoms with Crippen LogP contribution in [0.2, 0.25) is 5.02 Å². The van der Waals surface area contributed by atoms with Crippen molar-refractivity contribution in [3.05, 3.63) is 40.4 Å². The van der Waals surface area contributed by atoms with E-state index in [4.69, 9.17) is 16.3 Å². The minimum Gasteiger partial charge on any atom is -0.484 e. The fraction of sp³-hybridized carbons (Fsp3) is 0.474. The molecule has 1 aliphatic heterocycles. The summed E-state index contributed by atoms with van der Waals surface area (Å²) in [6.45, 7) is 7.60. The number of benzene rings is 1. The summed E-state index contributed by atoms with van der Waals surface area (Å²) in [5, 5.41) is 6.06. The summed E-state index contributed by atoms with van der Waals surface area (Å²) in [4.78, 5) is 19.0. The van der Waals surface area contributed by atoms with Crippen molar-refractivity contribution in [1.82, 2.24) is 9.88 Å². The van der Waals surface area contributed by atoms with Crippen LogP contribution in [-0.2, 0) is 11.3 Å². The van der Waals surface area contributed by atoms with E-state index in [2.05, 4.69) is 29.0 Å². The van der Waals surface area contributed by atoms with E-state index in [0.29, 0.717) is 15.9 Å². The molecule has 0 aliphatic carbocycles. The Balaban J connectivity index is 1.46. The lowest BCUT2D eigenvalue weighted by Crippen LogP contribution is -2.38. The number of rotatable bonds is 6. The van der Waals surface area contributed by atoms with Crippen molar-refractivity contribution in [2.75, 3.05) is 25.0 Å². The summed E-state index contributed by atoms with van der Waals surface area (Å²) < 4.78 is 5.44. The van der Waals surface area contributed by atoms with Crippen molar-refractivity contribution >= 4 is 34.0 Å². The van der Waals surface area contributed by atoms with Crippen LogP contribution in [0.3, 0.4) is 0 Å². The smallest absolute Gasteiger partial charge is 0.264 e. The molecular weight excluding hydrogens is 370 g/mol. The molecule has 140 valence electrons. The summed E-state index contributed by atoms with van der Waals surface area (Å²) in [6.07, 6.45) is 1.29. The van der Waals surface area contributed by atoms with Gasteiger partial charge in [-0.3, -0.25) is 15.0 Å². The van der Waals surface area contributed by atoms with Crippen LogP contribution in [0.1, 0.15) is 26.0 Å². The summed E-state index contributed by atoms with van der Waals surface area (Å²) in [7, 11) is 0. The zero-order chi connectivity index (χ0) is 18.5. The van der Waals surface area contributed by atoms with Crippen molar-refractivity contribution in [2.45, 2.75) is 26.8 Å². The molecule has 5 nitrogen and oxygen atoms in total. The molecule has 0 radical (unpaired) electrons. The van der Waals surface area contributed by atoms with Crippen LogP contribution in [-0.4, -0.2) is 35.5 Å². The van der Waals surface area contributed by atoms with Crippen LogP contribution in [0.25, 0.3) is 0 Å². The predicted octanol–water partition coefficient (Wildman–Crippen LogP) is 4.29. The standard InChI is InChI=1S/C19H24ClN3O2S/c1-13-7-14(2)9-23(8-13)10-16-12-26-19(21-16)22-18(24)11-25-17-5-3-15(20)4-6-17/h3-6,12-14H,7-11H2,1-2H3,(H,21,22,24). The van der Waals surface area contributed by atoms with Gasteiger partial charge in [-0.1, -0.05) is 25.4 Å². The lowest BCUT2D eigenvalue weighted by Gasteiger charge is -2.34. The van der Waals surface area contributed by atoms with Gasteiger partial charge in [-0.25, -0.2) is 4.98 Å². The third-order valence-electron chi connectivity index (χ3n) is 4.31. The van der Waals surface area contributed by atoms with Crippen molar-refractivity contribution in [3.8, 4) is 5.75 Å². The van der Waals surface area contributed by atoms with Gasteiger partial charge in [0.05, 0.1) is 5.69 Å². The van der Waals surface area contributed by atoms with E-state index < -0.39 is 0 Å². The van der Waals surface area contributed by atoms with Gasteiger partial charge in [0.25, 0.3) is 5.91 Å². The third kappa shape index (κ3) is 5.69. The molecule has 1 aromatic heterocycles. The number of halogens is 1. The number of carbonyl (C=O) groups is 1. The highest BCUT2D eigenvalue weighted by Gasteiger charge is 2.22. The summed E-state index contributed by atoms with van der Waals surface area (Å²) in [5.41, 5.74) is 1.00. The number of aromatic nitrogens is 1. The zero-order valence-electron chi connectivity index (χ0n) is 15.1. The van der Waals surface area contributed by atoms with Gasteiger partial charge in [-0.05, 0) is 42.5 Å². The van der Waals surface area contributed by atoms with Gasteiger partial charge in [-0.2, -0.15) is 0 Å². The first-order valence-corrected chi connectivity index (χ1v) is 10.1. The highest BCUT2D eigenvalue weighted by atomic mass is 35.5. The van der Waals surface area contributed by atoms with Crippen LogP contribution in [0, 0.1) is 11.8 Å². The number of likely N-dealkylation sites (tertiary alicyclic amines) is 1. The van der Waals surface area contributed by atoms with E-state index in [1.54, 1.807) is 24.3 Å². The molecular formula is C19H24ClN3O2S. The Labute approximate surface area is 163 Å². The maximum atomic E-state index is 12.0. The van der Waals surface area contributed by atoms with Crippen LogP contribution >= 0.6 is 22.9 Å². The first kappa shape index (κ1) is 19.1. The summed E-state index contributed by atoms with van der Waals surface area (Å²) in [5.74, 6) is 1.84. The molecule has 2 aromatic rings. The van der Waals surface area contributed by atoms with Gasteiger partial charge in [-0.15, -0.1) is 11.3 Å². The number of hydrogen-bond donors (Lipinski definition) is 1. The Morgan fingerprint density at radius 2 is 2.00 bits per heavy atom. The van der Waals surface area contributed by atoms with Crippen LogP contribution in [0.4, 0.5) is 5.13 Å². The Kier molecular flexibility index (Phi) is 6.51. The van der Waals surface area contributed by atoms with E-state index in [0.717, 1.165) is 37.2 Å². The number of hydrogen-bond acceptors (Lipinski definition) is 5. The Morgan fingerprint density at radius 3 is 2.69 bits per heavy atom. The van der Waals surface area contributed by atoms with Crippen LogP contribution < -0.4 is 10.1 Å². The predicted molar refractivity (Wildman–Crippen MR) is 106 cm³/mol. The highest BCUT2D eigenvalue weighted by molar-refractivity contribution is 7.13. The van der Waals surface area contributed by atoms with Gasteiger partial charge >= 0.3 is 0 Å². The molecule has 1 amide bonds. The molecule has 3 rings (SSSR count). The largest absolute Gasteiger partial charge is 0.484 e. The quantitative estimate of drug-likeness (QED) is 0.795. The number of anilines is 1. The maximum absolute atomic E-state index is 12.0. The first-order valence-electron chi connectivity index (χ1n) is 8.83. The Bertz CT molecular complexity index is 725. The molecule has 0 saturated carbocycles. The minimum absolute atomic E-state index is 0.0578. The topological polar surface area (TPSA) is 54.5 Å². The number of amides is 1. The zero-order valence-corrected chi connectivity index (χ0v) is 16.6. The van der Waals surface area contributed by atoms with E-state index in [1.165, 1.54) is 17.8 Å². The monoisotopic (exact) mass is 393 g/mol. The normalized spacial score (nSPS) is 20.7. The molecule has 1 N–H and O–H groups in total. The molecule has 0 spiro atoms. The molecule has 26 heavy (non-hydrogen) atoms. The minimum atomic E-state index is -0.221. The van der Waals surface area contributed by atoms with E-state index in [1.807, 2.05) is 5.38 Å². The third-order valence-corrected chi connectivity index (χ3v) is 5.37. The second kappa shape index (κ2) is 8.84. The molecule has 1 aliphatic rings. The van der Waals surface area contributed by atoms with Crippen molar-refractivity contribution in [3.63, 3.8) is 0 Å². The second-order valence-corrected chi connectivity index (χ2v) is 8.37. The van der Waals surface area contributed by atoms with Gasteiger partial charge < -0.3 is 4.74 Å². The summed E-state index contributed by atoms with van der Waals surface area (Å²) >= 11 is 7.27. The fourth-order valence-corrected chi connectivity index (χ4v) is 4.27. The molecule has 0 bridgehead atoms. The number of piperidine rings is 1. The fourth-order valence-electron chi connectivity index (χ4n) is 3.42. The Morgan fingerprint density at radius 1 is 1.31 bits per heavy atom. The van der Waals surface area contributed by atoms with Gasteiger partial charge in [0.15, 0.2) is 11.7 Å². The van der Waals surface area contributed by atoms with Crippen LogP contribution in [0.15, 0.2) is 29.6 Å². The van der Waals surface area contributed by atoms with E-state index >= 15 is 0 Å². The number of nitrogens with zero attached hydrogens (tertiary/aromatic N) is 2. The number of carbonyl (C=O) groups excluding carboxylic acids is 1. The molecule has 2 heterocycles. The maximum Gasteiger partial charge on any atom is 0.264 e. The SMILES string of the molecule is CC1CC(C)CN(Cc2csc(NC(=O)COc3ccc(Cl)cc3)n2)C1.